The van der Waals surface area contributed by atoms with E-state index in [2.05, 4.69) is 5.32 Å². The van der Waals surface area contributed by atoms with Crippen LogP contribution in [0, 0.1) is 6.92 Å². The number of hydrogen-bond donors (Lipinski definition) is 2. The number of benzene rings is 1. The molecule has 8 heteroatoms. The average Bonchev–Trinajstić information content (AvgIpc) is 2.77. The van der Waals surface area contributed by atoms with Crippen LogP contribution in [0.15, 0.2) is 29.2 Å². The van der Waals surface area contributed by atoms with Gasteiger partial charge in [0.1, 0.15) is 6.54 Å². The number of hydrogen-bond acceptors (Lipinski definition) is 5. The van der Waals surface area contributed by atoms with Gasteiger partial charge in [-0.15, -0.1) is 0 Å². The van der Waals surface area contributed by atoms with Crippen molar-refractivity contribution in [1.82, 2.24) is 10.2 Å². The summed E-state index contributed by atoms with van der Waals surface area (Å²) in [6.07, 6.45) is 1.38. The van der Waals surface area contributed by atoms with Gasteiger partial charge >= 0.3 is 5.97 Å². The van der Waals surface area contributed by atoms with Gasteiger partial charge in [-0.2, -0.15) is 0 Å². The highest BCUT2D eigenvalue weighted by molar-refractivity contribution is 8.18. The summed E-state index contributed by atoms with van der Waals surface area (Å²) in [6, 6.07) is 7.46. The largest absolute Gasteiger partial charge is 0.481 e. The van der Waals surface area contributed by atoms with Crippen molar-refractivity contribution >= 4 is 40.9 Å². The number of carboxylic acid groups (broad SMARTS) is 1. The Morgan fingerprint density at radius 1 is 1.25 bits per heavy atom. The first-order chi connectivity index (χ1) is 11.4. The molecule has 0 atom stereocenters. The predicted octanol–water partition coefficient (Wildman–Crippen LogP) is 1.62. The molecule has 0 aromatic heterocycles. The van der Waals surface area contributed by atoms with Crippen molar-refractivity contribution in [1.29, 1.82) is 0 Å². The summed E-state index contributed by atoms with van der Waals surface area (Å²) in [4.78, 5) is 47.3. The lowest BCUT2D eigenvalue weighted by Gasteiger charge is -2.11. The Bertz CT molecular complexity index is 712. The fourth-order valence-corrected chi connectivity index (χ4v) is 2.80. The first-order valence-electron chi connectivity index (χ1n) is 7.17. The summed E-state index contributed by atoms with van der Waals surface area (Å²) in [5, 5.41) is 10.3. The Labute approximate surface area is 142 Å². The molecule has 0 bridgehead atoms. The topological polar surface area (TPSA) is 104 Å². The van der Waals surface area contributed by atoms with Crippen LogP contribution in [-0.2, 0) is 14.4 Å². The monoisotopic (exact) mass is 348 g/mol. The third kappa shape index (κ3) is 4.69. The zero-order valence-electron chi connectivity index (χ0n) is 12.9. The van der Waals surface area contributed by atoms with Gasteiger partial charge in [0.15, 0.2) is 0 Å². The van der Waals surface area contributed by atoms with Crippen LogP contribution in [0.4, 0.5) is 4.79 Å². The minimum atomic E-state index is -1.04. The minimum absolute atomic E-state index is 0.0520. The molecule has 1 aromatic carbocycles. The van der Waals surface area contributed by atoms with Gasteiger partial charge in [0.2, 0.25) is 5.91 Å². The van der Waals surface area contributed by atoms with E-state index in [0.717, 1.165) is 27.8 Å². The fourth-order valence-electron chi connectivity index (χ4n) is 1.96. The van der Waals surface area contributed by atoms with E-state index in [1.54, 1.807) is 6.08 Å². The summed E-state index contributed by atoms with van der Waals surface area (Å²) < 4.78 is 0. The number of carbonyl (C=O) groups excluding carboxylic acids is 3. The lowest BCUT2D eigenvalue weighted by molar-refractivity contribution is -0.137. The van der Waals surface area contributed by atoms with Gasteiger partial charge in [0.25, 0.3) is 11.1 Å². The van der Waals surface area contributed by atoms with E-state index >= 15 is 0 Å². The number of imide groups is 1. The minimum Gasteiger partial charge on any atom is -0.481 e. The molecule has 7 nitrogen and oxygen atoms in total. The highest BCUT2D eigenvalue weighted by atomic mass is 32.2. The van der Waals surface area contributed by atoms with Crippen LogP contribution in [-0.4, -0.2) is 46.1 Å². The highest BCUT2D eigenvalue weighted by Crippen LogP contribution is 2.31. The Morgan fingerprint density at radius 2 is 1.92 bits per heavy atom. The Kier molecular flexibility index (Phi) is 5.75. The van der Waals surface area contributed by atoms with Crippen LogP contribution in [0.25, 0.3) is 6.08 Å². The van der Waals surface area contributed by atoms with E-state index in [1.165, 1.54) is 0 Å². The first-order valence-corrected chi connectivity index (χ1v) is 7.99. The summed E-state index contributed by atoms with van der Waals surface area (Å²) in [6.45, 7) is 1.47. The number of amides is 3. The standard InChI is InChI=1S/C16H16N2O5S/c1-10-2-4-11(5-3-10)8-12-15(22)18(16(23)24-12)9-13(19)17-7-6-14(20)21/h2-5,8H,6-7,9H2,1H3,(H,17,19)(H,20,21)/b12-8-. The van der Waals surface area contributed by atoms with Crippen LogP contribution in [0.5, 0.6) is 0 Å². The lowest BCUT2D eigenvalue weighted by Crippen LogP contribution is -2.40. The third-order valence-electron chi connectivity index (χ3n) is 3.21. The first kappa shape index (κ1) is 17.7. The molecular weight excluding hydrogens is 332 g/mol. The van der Waals surface area contributed by atoms with Crippen LogP contribution < -0.4 is 5.32 Å². The molecular formula is C16H16N2O5S. The third-order valence-corrected chi connectivity index (χ3v) is 4.12. The second kappa shape index (κ2) is 7.78. The van der Waals surface area contributed by atoms with Crippen molar-refractivity contribution in [2.45, 2.75) is 13.3 Å². The number of carbonyl (C=O) groups is 4. The van der Waals surface area contributed by atoms with Crippen molar-refractivity contribution in [2.24, 2.45) is 0 Å². The maximum Gasteiger partial charge on any atom is 0.305 e. The van der Waals surface area contributed by atoms with E-state index in [9.17, 15) is 19.2 Å². The zero-order chi connectivity index (χ0) is 17.7. The second-order valence-electron chi connectivity index (χ2n) is 5.17. The molecule has 2 N–H and O–H groups in total. The summed E-state index contributed by atoms with van der Waals surface area (Å²) in [5.74, 6) is -2.14. The van der Waals surface area contributed by atoms with Crippen LogP contribution >= 0.6 is 11.8 Å². The van der Waals surface area contributed by atoms with E-state index in [4.69, 9.17) is 5.11 Å². The fraction of sp³-hybridized carbons (Fsp3) is 0.250. The molecule has 0 spiro atoms. The Morgan fingerprint density at radius 3 is 2.54 bits per heavy atom. The smallest absolute Gasteiger partial charge is 0.305 e. The highest BCUT2D eigenvalue weighted by Gasteiger charge is 2.36. The van der Waals surface area contributed by atoms with Crippen molar-refractivity contribution in [3.05, 3.63) is 40.3 Å². The van der Waals surface area contributed by atoms with Crippen LogP contribution in [0.1, 0.15) is 17.5 Å². The van der Waals surface area contributed by atoms with Crippen LogP contribution in [0.2, 0.25) is 0 Å². The van der Waals surface area contributed by atoms with Gasteiger partial charge < -0.3 is 10.4 Å². The normalized spacial score (nSPS) is 15.9. The van der Waals surface area contributed by atoms with Crippen molar-refractivity contribution in [3.63, 3.8) is 0 Å². The molecule has 24 heavy (non-hydrogen) atoms. The molecule has 1 fully saturated rings. The van der Waals surface area contributed by atoms with Crippen LogP contribution in [0.3, 0.4) is 0 Å². The van der Waals surface area contributed by atoms with Crippen molar-refractivity contribution < 1.29 is 24.3 Å². The number of nitrogens with one attached hydrogen (secondary N) is 1. The molecule has 0 saturated carbocycles. The Hall–Kier alpha value is -2.61. The maximum atomic E-state index is 12.2. The van der Waals surface area contributed by atoms with Crippen molar-refractivity contribution in [2.75, 3.05) is 13.1 Å². The molecule has 1 aliphatic heterocycles. The number of thioether (sulfide) groups is 1. The van der Waals surface area contributed by atoms with Gasteiger partial charge in [0, 0.05) is 6.54 Å². The number of rotatable bonds is 6. The SMILES string of the molecule is Cc1ccc(/C=C2\SC(=O)N(CC(=O)NCCC(=O)O)C2=O)cc1. The van der Waals surface area contributed by atoms with Gasteiger partial charge in [0.05, 0.1) is 11.3 Å². The van der Waals surface area contributed by atoms with E-state index in [-0.39, 0.29) is 17.9 Å². The van der Waals surface area contributed by atoms with Gasteiger partial charge in [-0.3, -0.25) is 24.1 Å². The summed E-state index contributed by atoms with van der Waals surface area (Å²) >= 11 is 0.776. The quantitative estimate of drug-likeness (QED) is 0.757. The molecule has 1 aromatic rings. The summed E-state index contributed by atoms with van der Waals surface area (Å²) in [5.41, 5.74) is 1.87. The molecule has 0 radical (unpaired) electrons. The van der Waals surface area contributed by atoms with E-state index < -0.39 is 29.6 Å². The molecule has 3 amide bonds. The second-order valence-corrected chi connectivity index (χ2v) is 6.17. The van der Waals surface area contributed by atoms with E-state index in [0.29, 0.717) is 0 Å². The molecule has 1 heterocycles. The van der Waals surface area contributed by atoms with Gasteiger partial charge in [-0.05, 0) is 30.3 Å². The van der Waals surface area contributed by atoms with Gasteiger partial charge in [-0.25, -0.2) is 0 Å². The molecule has 126 valence electrons. The molecule has 0 aliphatic carbocycles. The van der Waals surface area contributed by atoms with Gasteiger partial charge in [-0.1, -0.05) is 29.8 Å². The number of aryl methyl sites for hydroxylation is 1. The average molecular weight is 348 g/mol. The molecule has 2 rings (SSSR count). The number of aliphatic carboxylic acids is 1. The van der Waals surface area contributed by atoms with E-state index in [1.807, 2.05) is 31.2 Å². The molecule has 1 aliphatic rings. The predicted molar refractivity (Wildman–Crippen MR) is 89.1 cm³/mol. The number of nitrogens with zero attached hydrogens (tertiary/aromatic N) is 1. The Balaban J connectivity index is 1.99. The van der Waals surface area contributed by atoms with Crippen molar-refractivity contribution in [3.8, 4) is 0 Å². The molecule has 1 saturated heterocycles. The zero-order valence-corrected chi connectivity index (χ0v) is 13.8. The maximum absolute atomic E-state index is 12.2. The number of carboxylic acids is 1. The molecule has 0 unspecified atom stereocenters. The lowest BCUT2D eigenvalue weighted by atomic mass is 10.1. The summed E-state index contributed by atoms with van der Waals surface area (Å²) in [7, 11) is 0.